The molecule has 0 amide bonds. The summed E-state index contributed by atoms with van der Waals surface area (Å²) in [6, 6.07) is 0. The fourth-order valence-electron chi connectivity index (χ4n) is 1.24. The first-order chi connectivity index (χ1) is 4.88. The van der Waals surface area contributed by atoms with E-state index >= 15 is 0 Å². The van der Waals surface area contributed by atoms with Crippen LogP contribution in [0.3, 0.4) is 0 Å². The van der Waals surface area contributed by atoms with Gasteiger partial charge in [-0.05, 0) is 23.9 Å². The lowest BCUT2D eigenvalue weighted by molar-refractivity contribution is 0.356. The van der Waals surface area contributed by atoms with Crippen LogP contribution in [0.25, 0.3) is 0 Å². The molecule has 1 saturated carbocycles. The molecule has 1 heterocycles. The Labute approximate surface area is 58.6 Å². The lowest BCUT2D eigenvalue weighted by atomic mass is 9.81. The summed E-state index contributed by atoms with van der Waals surface area (Å²) in [5.74, 6) is 0.580. The van der Waals surface area contributed by atoms with Gasteiger partial charge in [0.05, 0.1) is 5.56 Å². The molecule has 0 aliphatic heterocycles. The summed E-state index contributed by atoms with van der Waals surface area (Å²) in [6.07, 6.45) is 5.12. The van der Waals surface area contributed by atoms with Crippen LogP contribution in [0.1, 0.15) is 30.7 Å². The molecule has 0 spiro atoms. The summed E-state index contributed by atoms with van der Waals surface area (Å²) in [6.45, 7) is 0. The summed E-state index contributed by atoms with van der Waals surface area (Å²) >= 11 is 0. The van der Waals surface area contributed by atoms with E-state index in [4.69, 9.17) is 5.11 Å². The molecule has 0 aromatic carbocycles. The van der Waals surface area contributed by atoms with E-state index in [1.807, 2.05) is 0 Å². The van der Waals surface area contributed by atoms with Crippen molar-refractivity contribution in [2.45, 2.75) is 25.2 Å². The SMILES string of the molecule is Oc1nocc1C1CCC1. The number of hydrogen-bond donors (Lipinski definition) is 1. The zero-order valence-corrected chi connectivity index (χ0v) is 5.58. The molecule has 1 fully saturated rings. The highest BCUT2D eigenvalue weighted by Crippen LogP contribution is 2.39. The molecule has 1 N–H and O–H groups in total. The van der Waals surface area contributed by atoms with Crippen LogP contribution in [0.4, 0.5) is 0 Å². The van der Waals surface area contributed by atoms with Crippen molar-refractivity contribution >= 4 is 0 Å². The van der Waals surface area contributed by atoms with E-state index in [0.29, 0.717) is 5.92 Å². The molecule has 2 rings (SSSR count). The largest absolute Gasteiger partial charge is 0.491 e. The standard InChI is InChI=1S/C7H9NO2/c9-7-6(4-10-8-7)5-2-1-3-5/h4-5H,1-3H2,(H,8,9). The Morgan fingerprint density at radius 1 is 1.60 bits per heavy atom. The summed E-state index contributed by atoms with van der Waals surface area (Å²) in [5.41, 5.74) is 0.881. The van der Waals surface area contributed by atoms with Gasteiger partial charge in [0, 0.05) is 0 Å². The third-order valence-corrected chi connectivity index (χ3v) is 2.12. The number of hydrogen-bond acceptors (Lipinski definition) is 3. The van der Waals surface area contributed by atoms with Crippen LogP contribution >= 0.6 is 0 Å². The molecular formula is C7H9NO2. The maximum atomic E-state index is 9.08. The average molecular weight is 139 g/mol. The molecule has 0 bridgehead atoms. The van der Waals surface area contributed by atoms with Gasteiger partial charge in [0.2, 0.25) is 0 Å². The summed E-state index contributed by atoms with van der Waals surface area (Å²) in [7, 11) is 0. The Kier molecular flexibility index (Phi) is 1.16. The molecule has 3 nitrogen and oxygen atoms in total. The Balaban J connectivity index is 2.23. The molecular weight excluding hydrogens is 130 g/mol. The monoisotopic (exact) mass is 139 g/mol. The number of nitrogens with zero attached hydrogens (tertiary/aromatic N) is 1. The highest BCUT2D eigenvalue weighted by Gasteiger charge is 2.24. The highest BCUT2D eigenvalue weighted by atomic mass is 16.5. The van der Waals surface area contributed by atoms with Gasteiger partial charge in [-0.1, -0.05) is 6.42 Å². The van der Waals surface area contributed by atoms with E-state index < -0.39 is 0 Å². The van der Waals surface area contributed by atoms with Gasteiger partial charge in [-0.3, -0.25) is 0 Å². The predicted octanol–water partition coefficient (Wildman–Crippen LogP) is 1.65. The normalized spacial score (nSPS) is 18.8. The zero-order valence-electron chi connectivity index (χ0n) is 5.58. The molecule has 0 radical (unpaired) electrons. The summed E-state index contributed by atoms with van der Waals surface area (Å²) < 4.78 is 4.60. The third kappa shape index (κ3) is 0.701. The molecule has 3 heteroatoms. The van der Waals surface area contributed by atoms with Crippen molar-refractivity contribution in [3.05, 3.63) is 11.8 Å². The zero-order chi connectivity index (χ0) is 6.97. The van der Waals surface area contributed by atoms with Crippen molar-refractivity contribution in [3.63, 3.8) is 0 Å². The van der Waals surface area contributed by atoms with Crippen molar-refractivity contribution in [3.8, 4) is 5.88 Å². The fraction of sp³-hybridized carbons (Fsp3) is 0.571. The average Bonchev–Trinajstić information content (AvgIpc) is 2.12. The quantitative estimate of drug-likeness (QED) is 0.643. The minimum absolute atomic E-state index is 0.0738. The molecule has 0 unspecified atom stereocenters. The molecule has 1 aliphatic carbocycles. The predicted molar refractivity (Wildman–Crippen MR) is 34.8 cm³/mol. The van der Waals surface area contributed by atoms with Crippen LogP contribution in [-0.4, -0.2) is 10.3 Å². The second-order valence-electron chi connectivity index (χ2n) is 2.72. The van der Waals surface area contributed by atoms with Gasteiger partial charge in [0.25, 0.3) is 5.88 Å². The van der Waals surface area contributed by atoms with E-state index in [2.05, 4.69) is 9.68 Å². The van der Waals surface area contributed by atoms with Crippen molar-refractivity contribution in [1.82, 2.24) is 5.16 Å². The first-order valence-electron chi connectivity index (χ1n) is 3.51. The third-order valence-electron chi connectivity index (χ3n) is 2.12. The van der Waals surface area contributed by atoms with E-state index in [0.717, 1.165) is 18.4 Å². The fourth-order valence-corrected chi connectivity index (χ4v) is 1.24. The van der Waals surface area contributed by atoms with Crippen LogP contribution in [0.15, 0.2) is 10.8 Å². The van der Waals surface area contributed by atoms with Gasteiger partial charge in [0.15, 0.2) is 0 Å². The van der Waals surface area contributed by atoms with E-state index in [1.165, 1.54) is 6.42 Å². The van der Waals surface area contributed by atoms with Gasteiger partial charge in [-0.25, -0.2) is 0 Å². The van der Waals surface area contributed by atoms with E-state index in [-0.39, 0.29) is 5.88 Å². The highest BCUT2D eigenvalue weighted by molar-refractivity contribution is 5.25. The molecule has 1 aliphatic rings. The molecule has 10 heavy (non-hydrogen) atoms. The maximum Gasteiger partial charge on any atom is 0.255 e. The Morgan fingerprint density at radius 3 is 2.80 bits per heavy atom. The first kappa shape index (κ1) is 5.77. The van der Waals surface area contributed by atoms with E-state index in [1.54, 1.807) is 6.26 Å². The Bertz CT molecular complexity index is 227. The minimum atomic E-state index is 0.0738. The second-order valence-corrected chi connectivity index (χ2v) is 2.72. The van der Waals surface area contributed by atoms with Crippen molar-refractivity contribution < 1.29 is 9.63 Å². The second kappa shape index (κ2) is 2.01. The topological polar surface area (TPSA) is 46.3 Å². The Hall–Kier alpha value is -0.990. The van der Waals surface area contributed by atoms with Crippen molar-refractivity contribution in [1.29, 1.82) is 0 Å². The van der Waals surface area contributed by atoms with Crippen LogP contribution in [0.5, 0.6) is 5.88 Å². The summed E-state index contributed by atoms with van der Waals surface area (Å²) in [5, 5.41) is 12.5. The van der Waals surface area contributed by atoms with Gasteiger partial charge in [-0.2, -0.15) is 0 Å². The van der Waals surface area contributed by atoms with Gasteiger partial charge in [-0.15, -0.1) is 0 Å². The van der Waals surface area contributed by atoms with Crippen LogP contribution in [0.2, 0.25) is 0 Å². The Morgan fingerprint density at radius 2 is 2.40 bits per heavy atom. The lowest BCUT2D eigenvalue weighted by Gasteiger charge is -2.23. The van der Waals surface area contributed by atoms with E-state index in [9.17, 15) is 0 Å². The van der Waals surface area contributed by atoms with Crippen molar-refractivity contribution in [2.75, 3.05) is 0 Å². The van der Waals surface area contributed by atoms with Gasteiger partial charge < -0.3 is 9.63 Å². The van der Waals surface area contributed by atoms with Gasteiger partial charge in [0.1, 0.15) is 6.26 Å². The van der Waals surface area contributed by atoms with Crippen molar-refractivity contribution in [2.24, 2.45) is 0 Å². The summed E-state index contributed by atoms with van der Waals surface area (Å²) in [4.78, 5) is 0. The molecule has 54 valence electrons. The smallest absolute Gasteiger partial charge is 0.255 e. The van der Waals surface area contributed by atoms with Gasteiger partial charge >= 0.3 is 0 Å². The van der Waals surface area contributed by atoms with Crippen LogP contribution in [-0.2, 0) is 0 Å². The number of rotatable bonds is 1. The maximum absolute atomic E-state index is 9.08. The number of aromatic nitrogens is 1. The van der Waals surface area contributed by atoms with Crippen LogP contribution in [0, 0.1) is 0 Å². The lowest BCUT2D eigenvalue weighted by Crippen LogP contribution is -2.07. The molecule has 0 saturated heterocycles. The molecule has 1 aromatic rings. The number of aromatic hydroxyl groups is 1. The molecule has 0 atom stereocenters. The first-order valence-corrected chi connectivity index (χ1v) is 3.51. The molecule has 1 aromatic heterocycles. The van der Waals surface area contributed by atoms with Crippen LogP contribution < -0.4 is 0 Å². The minimum Gasteiger partial charge on any atom is -0.491 e.